The zero-order valence-electron chi connectivity index (χ0n) is 45.0. The summed E-state index contributed by atoms with van der Waals surface area (Å²) in [6, 6.07) is 18.5. The topological polar surface area (TPSA) is 47.9 Å². The van der Waals surface area contributed by atoms with E-state index in [1.807, 2.05) is 0 Å². The molecule has 4 aromatic rings. The standard InChI is InChI=1S/C59H87O4P/c1-35(42-29-40(54(8,9)10)31-44(48(42)60)56(14,15)16)43-30-41(55(11,12)13)34-47(59(23,24)25)51(43)63-64-61-49-36(27-38(52(2,3)4)32-45(49)57(17,18)19)26-37-28-39(53(5,6)7)33-46(50(37)62-64)58(20,21)22/h27-35,60H,26H2,1-25H3. The second-order valence-electron chi connectivity index (χ2n) is 27.3. The first-order valence-corrected chi connectivity index (χ1v) is 25.0. The van der Waals surface area contributed by atoms with Gasteiger partial charge in [-0.1, -0.05) is 222 Å². The lowest BCUT2D eigenvalue weighted by atomic mass is 9.74. The van der Waals surface area contributed by atoms with Crippen molar-refractivity contribution in [3.63, 3.8) is 0 Å². The summed E-state index contributed by atoms with van der Waals surface area (Å²) in [5.74, 6) is 2.55. The van der Waals surface area contributed by atoms with Gasteiger partial charge >= 0.3 is 8.60 Å². The maximum absolute atomic E-state index is 12.4. The highest BCUT2D eigenvalue weighted by Crippen LogP contribution is 2.56. The largest absolute Gasteiger partial charge is 0.530 e. The summed E-state index contributed by atoms with van der Waals surface area (Å²) in [5.41, 5.74) is 12.0. The van der Waals surface area contributed by atoms with Gasteiger partial charge in [0.1, 0.15) is 23.0 Å². The van der Waals surface area contributed by atoms with Crippen LogP contribution in [0.15, 0.2) is 48.5 Å². The fourth-order valence-electron chi connectivity index (χ4n) is 8.55. The highest BCUT2D eigenvalue weighted by Gasteiger charge is 2.39. The molecule has 1 N–H and O–H groups in total. The molecule has 0 saturated carbocycles. The van der Waals surface area contributed by atoms with E-state index in [-0.39, 0.29) is 49.2 Å². The summed E-state index contributed by atoms with van der Waals surface area (Å²) < 4.78 is 22.4. The van der Waals surface area contributed by atoms with E-state index in [2.05, 4.69) is 222 Å². The molecule has 4 nitrogen and oxygen atoms in total. The molecule has 0 spiro atoms. The number of phenolic OH excluding ortho intramolecular Hbond substituents is 1. The lowest BCUT2D eigenvalue weighted by Crippen LogP contribution is -2.23. The normalized spacial score (nSPS) is 15.4. The van der Waals surface area contributed by atoms with Gasteiger partial charge in [0.25, 0.3) is 0 Å². The number of benzene rings is 4. The van der Waals surface area contributed by atoms with Gasteiger partial charge in [-0.05, 0) is 82.3 Å². The average Bonchev–Trinajstić information content (AvgIpc) is 3.07. The average molecular weight is 891 g/mol. The molecule has 1 aliphatic rings. The van der Waals surface area contributed by atoms with E-state index in [4.69, 9.17) is 13.6 Å². The zero-order valence-corrected chi connectivity index (χ0v) is 45.9. The maximum atomic E-state index is 12.4. The lowest BCUT2D eigenvalue weighted by molar-refractivity contribution is 0.363. The fraction of sp³-hybridized carbons (Fsp3) is 0.593. The summed E-state index contributed by atoms with van der Waals surface area (Å²) in [6.45, 7) is 56.6. The van der Waals surface area contributed by atoms with Crippen LogP contribution in [0, 0.1) is 0 Å². The number of fused-ring (bicyclic) bond motifs is 2. The first-order valence-electron chi connectivity index (χ1n) is 23.9. The Morgan fingerprint density at radius 1 is 0.422 bits per heavy atom. The van der Waals surface area contributed by atoms with E-state index in [9.17, 15) is 5.11 Å². The third-order valence-electron chi connectivity index (χ3n) is 13.1. The highest BCUT2D eigenvalue weighted by atomic mass is 31.2. The Kier molecular flexibility index (Phi) is 13.4. The second kappa shape index (κ2) is 16.7. The smallest absolute Gasteiger partial charge is 0.507 e. The quantitative estimate of drug-likeness (QED) is 0.207. The van der Waals surface area contributed by atoms with Gasteiger partial charge in [-0.15, -0.1) is 0 Å². The minimum Gasteiger partial charge on any atom is -0.507 e. The van der Waals surface area contributed by atoms with Crippen molar-refractivity contribution in [3.05, 3.63) is 115 Å². The van der Waals surface area contributed by atoms with Crippen LogP contribution in [0.3, 0.4) is 0 Å². The Bertz CT molecular complexity index is 2290. The van der Waals surface area contributed by atoms with Crippen molar-refractivity contribution < 1.29 is 18.7 Å². The SMILES string of the molecule is CC(c1cc(C(C)(C)C)cc(C(C)(C)C)c1O)c1cc(C(C)(C)C)cc(C(C)(C)C)c1OP1Oc2c(cc(C(C)(C)C)cc2C(C)(C)C)Cc2cc(C(C)(C)C)cc(C(C)(C)C)c2O1. The number of phenols is 1. The van der Waals surface area contributed by atoms with Gasteiger partial charge in [0, 0.05) is 40.2 Å². The second-order valence-corrected chi connectivity index (χ2v) is 28.3. The molecule has 4 aromatic carbocycles. The van der Waals surface area contributed by atoms with E-state index in [1.54, 1.807) is 0 Å². The van der Waals surface area contributed by atoms with Gasteiger partial charge in [-0.25, -0.2) is 0 Å². The Morgan fingerprint density at radius 3 is 1.08 bits per heavy atom. The van der Waals surface area contributed by atoms with Crippen molar-refractivity contribution in [1.29, 1.82) is 0 Å². The Hall–Kier alpha value is -3.49. The van der Waals surface area contributed by atoms with Crippen LogP contribution in [-0.2, 0) is 49.7 Å². The summed E-state index contributed by atoms with van der Waals surface area (Å²) in [4.78, 5) is 0. The minimum absolute atomic E-state index is 0.0774. The Balaban J connectivity index is 1.93. The van der Waals surface area contributed by atoms with Gasteiger partial charge in [-0.3, -0.25) is 0 Å². The van der Waals surface area contributed by atoms with Crippen molar-refractivity contribution in [2.75, 3.05) is 0 Å². The number of hydrogen-bond donors (Lipinski definition) is 1. The molecular weight excluding hydrogens is 804 g/mol. The van der Waals surface area contributed by atoms with Crippen molar-refractivity contribution in [1.82, 2.24) is 0 Å². The first-order chi connectivity index (χ1) is 28.6. The molecule has 1 atom stereocenters. The van der Waals surface area contributed by atoms with Crippen LogP contribution in [0.1, 0.15) is 246 Å². The third kappa shape index (κ3) is 11.0. The molecular formula is C59H87O4P. The van der Waals surface area contributed by atoms with Crippen LogP contribution >= 0.6 is 8.60 Å². The minimum atomic E-state index is -2.10. The monoisotopic (exact) mass is 891 g/mol. The van der Waals surface area contributed by atoms with Gasteiger partial charge in [0.15, 0.2) is 0 Å². The molecule has 0 amide bonds. The zero-order chi connectivity index (χ0) is 48.9. The molecule has 1 unspecified atom stereocenters. The molecule has 352 valence electrons. The molecule has 0 aliphatic carbocycles. The van der Waals surface area contributed by atoms with Crippen LogP contribution in [0.25, 0.3) is 0 Å². The predicted molar refractivity (Wildman–Crippen MR) is 276 cm³/mol. The third-order valence-corrected chi connectivity index (χ3v) is 14.1. The molecule has 0 radical (unpaired) electrons. The summed E-state index contributed by atoms with van der Waals surface area (Å²) >= 11 is 0. The number of aromatic hydroxyl groups is 1. The maximum Gasteiger partial charge on any atom is 0.530 e. The van der Waals surface area contributed by atoms with Crippen molar-refractivity contribution in [2.45, 2.75) is 229 Å². The van der Waals surface area contributed by atoms with E-state index in [0.29, 0.717) is 12.2 Å². The van der Waals surface area contributed by atoms with Gasteiger partial charge < -0.3 is 18.7 Å². The molecule has 1 heterocycles. The molecule has 64 heavy (non-hydrogen) atoms. The van der Waals surface area contributed by atoms with Crippen LogP contribution in [0.2, 0.25) is 0 Å². The van der Waals surface area contributed by atoms with Crippen molar-refractivity contribution in [2.24, 2.45) is 0 Å². The van der Waals surface area contributed by atoms with Crippen molar-refractivity contribution in [3.8, 4) is 23.0 Å². The molecule has 0 aromatic heterocycles. The van der Waals surface area contributed by atoms with Gasteiger partial charge in [0.2, 0.25) is 0 Å². The first kappa shape index (κ1) is 51.5. The number of hydrogen-bond acceptors (Lipinski definition) is 4. The van der Waals surface area contributed by atoms with Crippen molar-refractivity contribution >= 4 is 8.60 Å². The van der Waals surface area contributed by atoms with Crippen LogP contribution < -0.4 is 13.6 Å². The Morgan fingerprint density at radius 2 is 0.734 bits per heavy atom. The summed E-state index contributed by atoms with van der Waals surface area (Å²) in [5, 5.41) is 12.4. The molecule has 0 bridgehead atoms. The number of rotatable bonds is 4. The molecule has 1 aliphatic heterocycles. The molecule has 0 saturated heterocycles. The van der Waals surface area contributed by atoms with E-state index < -0.39 is 8.60 Å². The molecule has 5 rings (SSSR count). The van der Waals surface area contributed by atoms with Gasteiger partial charge in [0.05, 0.1) is 0 Å². The Labute approximate surface area is 392 Å². The van der Waals surface area contributed by atoms with Crippen LogP contribution in [-0.4, -0.2) is 5.11 Å². The summed E-state index contributed by atoms with van der Waals surface area (Å²) in [7, 11) is -2.10. The van der Waals surface area contributed by atoms with E-state index in [1.165, 1.54) is 22.3 Å². The molecule has 5 heteroatoms. The van der Waals surface area contributed by atoms with Gasteiger partial charge in [-0.2, -0.15) is 0 Å². The fourth-order valence-corrected chi connectivity index (χ4v) is 9.74. The van der Waals surface area contributed by atoms with E-state index in [0.717, 1.165) is 61.8 Å². The highest BCUT2D eigenvalue weighted by molar-refractivity contribution is 7.43. The molecule has 0 fully saturated rings. The van der Waals surface area contributed by atoms with E-state index >= 15 is 0 Å². The lowest BCUT2D eigenvalue weighted by Gasteiger charge is -2.36. The van der Waals surface area contributed by atoms with Crippen LogP contribution in [0.4, 0.5) is 0 Å². The summed E-state index contributed by atoms with van der Waals surface area (Å²) in [6.07, 6.45) is 0.670. The van der Waals surface area contributed by atoms with Crippen LogP contribution in [0.5, 0.6) is 23.0 Å². The predicted octanol–water partition coefficient (Wildman–Crippen LogP) is 17.6.